The van der Waals surface area contributed by atoms with Crippen LogP contribution in [0.5, 0.6) is 11.5 Å². The first-order chi connectivity index (χ1) is 28.3. The van der Waals surface area contributed by atoms with Crippen molar-refractivity contribution in [1.29, 1.82) is 0 Å². The molecule has 1 atom stereocenters. The van der Waals surface area contributed by atoms with E-state index in [1.807, 2.05) is 0 Å². The van der Waals surface area contributed by atoms with Gasteiger partial charge >= 0.3 is 12.2 Å². The van der Waals surface area contributed by atoms with Gasteiger partial charge in [-0.3, -0.25) is 39.2 Å². The molecule has 7 amide bonds. The van der Waals surface area contributed by atoms with Gasteiger partial charge in [-0.15, -0.1) is 0 Å². The number of aryl methyl sites for hydroxylation is 1. The standard InChI is InChI=1S/C40H36ClF3N6O9/c41-30-11-8-25(21-29(30)40(42,43)44)48-39(56)47-24-6-9-26(10-7-24)59-27-14-15-45-31(22-27)35(52)46-16-18-58-20-19-57-17-2-4-23-3-1-5-28-34(23)38(55)50(37(28)54)32-12-13-33(51)49-36(32)53/h1,3,5-11,14-15,21-22,32H,2,4,12-13,16-20H2,(H,46,52)(H2,47,48,56)(H,49,51,53). The molecule has 4 aromatic rings. The molecule has 2 aliphatic heterocycles. The first-order valence-corrected chi connectivity index (χ1v) is 18.6. The Hall–Kier alpha value is -6.37. The molecule has 59 heavy (non-hydrogen) atoms. The van der Waals surface area contributed by atoms with Crippen LogP contribution in [0, 0.1) is 0 Å². The number of alkyl halides is 3. The predicted molar refractivity (Wildman–Crippen MR) is 205 cm³/mol. The summed E-state index contributed by atoms with van der Waals surface area (Å²) < 4.78 is 56.4. The van der Waals surface area contributed by atoms with E-state index in [4.69, 9.17) is 25.8 Å². The number of rotatable bonds is 16. The van der Waals surface area contributed by atoms with Gasteiger partial charge in [0, 0.05) is 43.2 Å². The highest BCUT2D eigenvalue weighted by Crippen LogP contribution is 2.36. The number of ether oxygens (including phenoxy) is 3. The van der Waals surface area contributed by atoms with Gasteiger partial charge in [-0.05, 0) is 79.4 Å². The summed E-state index contributed by atoms with van der Waals surface area (Å²) in [6.45, 7) is 1.29. The molecule has 0 saturated carbocycles. The highest BCUT2D eigenvalue weighted by Gasteiger charge is 2.45. The van der Waals surface area contributed by atoms with Crippen LogP contribution in [-0.4, -0.2) is 84.5 Å². The number of carbonyl (C=O) groups is 6. The number of carbonyl (C=O) groups excluding carboxylic acids is 6. The summed E-state index contributed by atoms with van der Waals surface area (Å²) >= 11 is 5.63. The van der Waals surface area contributed by atoms with Gasteiger partial charge in [0.05, 0.1) is 41.5 Å². The second-order valence-corrected chi connectivity index (χ2v) is 13.6. The second kappa shape index (κ2) is 18.9. The summed E-state index contributed by atoms with van der Waals surface area (Å²) in [6, 6.07) is 15.3. The summed E-state index contributed by atoms with van der Waals surface area (Å²) in [5, 5.41) is 9.25. The van der Waals surface area contributed by atoms with Crippen molar-refractivity contribution in [3.63, 3.8) is 0 Å². The molecular formula is C40H36ClF3N6O9. The number of aromatic nitrogens is 1. The van der Waals surface area contributed by atoms with Crippen molar-refractivity contribution < 1.29 is 56.1 Å². The van der Waals surface area contributed by atoms with E-state index in [2.05, 4.69) is 26.3 Å². The smallest absolute Gasteiger partial charge is 0.417 e. The number of hydrogen-bond donors (Lipinski definition) is 4. The number of halogens is 4. The van der Waals surface area contributed by atoms with Crippen LogP contribution in [0.1, 0.15) is 61.6 Å². The normalized spacial score (nSPS) is 15.1. The first-order valence-electron chi connectivity index (χ1n) is 18.2. The van der Waals surface area contributed by atoms with Crippen molar-refractivity contribution in [3.8, 4) is 11.5 Å². The van der Waals surface area contributed by atoms with Gasteiger partial charge in [-0.2, -0.15) is 13.2 Å². The van der Waals surface area contributed by atoms with E-state index in [0.717, 1.165) is 17.0 Å². The molecule has 3 heterocycles. The number of hydrogen-bond acceptors (Lipinski definition) is 10. The van der Waals surface area contributed by atoms with E-state index >= 15 is 0 Å². The van der Waals surface area contributed by atoms with Gasteiger partial charge in [0.2, 0.25) is 11.8 Å². The molecule has 0 aliphatic carbocycles. The molecule has 1 aromatic heterocycles. The number of imide groups is 2. The quantitative estimate of drug-likeness (QED) is 0.0770. The molecule has 1 saturated heterocycles. The van der Waals surface area contributed by atoms with Crippen LogP contribution < -0.4 is 26.0 Å². The Morgan fingerprint density at radius 3 is 2.34 bits per heavy atom. The van der Waals surface area contributed by atoms with Gasteiger partial charge in [-0.1, -0.05) is 23.7 Å². The maximum absolute atomic E-state index is 13.2. The van der Waals surface area contributed by atoms with Gasteiger partial charge in [0.25, 0.3) is 17.7 Å². The van der Waals surface area contributed by atoms with E-state index in [0.29, 0.717) is 42.2 Å². The summed E-state index contributed by atoms with van der Waals surface area (Å²) in [4.78, 5) is 80.2. The van der Waals surface area contributed by atoms with Crippen molar-refractivity contribution in [2.75, 3.05) is 43.6 Å². The number of nitrogens with one attached hydrogen (secondary N) is 4. The lowest BCUT2D eigenvalue weighted by molar-refractivity contribution is -0.138. The van der Waals surface area contributed by atoms with E-state index in [9.17, 15) is 41.9 Å². The highest BCUT2D eigenvalue weighted by molar-refractivity contribution is 6.31. The average Bonchev–Trinajstić information content (AvgIpc) is 3.45. The molecular weight excluding hydrogens is 801 g/mol. The fourth-order valence-electron chi connectivity index (χ4n) is 6.26. The van der Waals surface area contributed by atoms with Crippen LogP contribution in [0.3, 0.4) is 0 Å². The molecule has 2 aliphatic rings. The number of fused-ring (bicyclic) bond motifs is 1. The Morgan fingerprint density at radius 1 is 0.864 bits per heavy atom. The Morgan fingerprint density at radius 2 is 1.59 bits per heavy atom. The molecule has 0 radical (unpaired) electrons. The van der Waals surface area contributed by atoms with Crippen LogP contribution in [0.2, 0.25) is 5.02 Å². The van der Waals surface area contributed by atoms with Crippen molar-refractivity contribution >= 4 is 58.5 Å². The summed E-state index contributed by atoms with van der Waals surface area (Å²) in [6.07, 6.45) is -2.15. The van der Waals surface area contributed by atoms with E-state index in [1.165, 1.54) is 30.5 Å². The lowest BCUT2D eigenvalue weighted by Gasteiger charge is -2.27. The Labute approximate surface area is 339 Å². The van der Waals surface area contributed by atoms with Crippen molar-refractivity contribution in [1.82, 2.24) is 20.5 Å². The van der Waals surface area contributed by atoms with Crippen molar-refractivity contribution in [2.45, 2.75) is 37.9 Å². The number of urea groups is 1. The fourth-order valence-corrected chi connectivity index (χ4v) is 6.49. The third-order valence-corrected chi connectivity index (χ3v) is 9.36. The Kier molecular flexibility index (Phi) is 13.5. The minimum absolute atomic E-state index is 0.0434. The SMILES string of the molecule is O=C1CCC(N2C(=O)c3cccc(CCCOCCOCCNC(=O)c4cc(Oc5ccc(NC(=O)Nc6ccc(Cl)c(C(F)(F)F)c6)cc5)ccn4)c3C2=O)C(=O)N1. The molecule has 1 unspecified atom stereocenters. The molecule has 19 heteroatoms. The summed E-state index contributed by atoms with van der Waals surface area (Å²) in [5.41, 5.74) is 0.409. The number of pyridine rings is 1. The third kappa shape index (κ3) is 10.8. The molecule has 15 nitrogen and oxygen atoms in total. The lowest BCUT2D eigenvalue weighted by Crippen LogP contribution is -2.54. The molecule has 0 spiro atoms. The van der Waals surface area contributed by atoms with E-state index in [-0.39, 0.29) is 61.7 Å². The summed E-state index contributed by atoms with van der Waals surface area (Å²) in [5.74, 6) is -1.99. The highest BCUT2D eigenvalue weighted by atomic mass is 35.5. The maximum Gasteiger partial charge on any atom is 0.417 e. The molecule has 0 bridgehead atoms. The minimum atomic E-state index is -4.68. The number of anilines is 2. The molecule has 1 fully saturated rings. The minimum Gasteiger partial charge on any atom is -0.457 e. The number of piperidine rings is 1. The van der Waals surface area contributed by atoms with Crippen LogP contribution in [0.4, 0.5) is 29.3 Å². The van der Waals surface area contributed by atoms with Gasteiger partial charge < -0.3 is 30.2 Å². The van der Waals surface area contributed by atoms with Crippen LogP contribution in [0.25, 0.3) is 0 Å². The third-order valence-electron chi connectivity index (χ3n) is 9.03. The summed E-state index contributed by atoms with van der Waals surface area (Å²) in [7, 11) is 0. The van der Waals surface area contributed by atoms with Gasteiger partial charge in [0.1, 0.15) is 23.2 Å². The fraction of sp³-hybridized carbons (Fsp3) is 0.275. The van der Waals surface area contributed by atoms with Crippen molar-refractivity contribution in [3.05, 3.63) is 112 Å². The lowest BCUT2D eigenvalue weighted by atomic mass is 9.99. The van der Waals surface area contributed by atoms with Crippen LogP contribution in [-0.2, 0) is 31.7 Å². The molecule has 4 N–H and O–H groups in total. The maximum atomic E-state index is 13.2. The monoisotopic (exact) mass is 836 g/mol. The molecule has 3 aromatic carbocycles. The van der Waals surface area contributed by atoms with E-state index < -0.39 is 58.4 Å². The molecule has 308 valence electrons. The Balaban J connectivity index is 0.858. The Bertz CT molecular complexity index is 2260. The average molecular weight is 837 g/mol. The van der Waals surface area contributed by atoms with Crippen LogP contribution >= 0.6 is 11.6 Å². The number of nitrogens with zero attached hydrogens (tertiary/aromatic N) is 2. The predicted octanol–water partition coefficient (Wildman–Crippen LogP) is 5.99. The second-order valence-electron chi connectivity index (χ2n) is 13.1. The van der Waals surface area contributed by atoms with Gasteiger partial charge in [-0.25, -0.2) is 4.79 Å². The van der Waals surface area contributed by atoms with Crippen LogP contribution in [0.15, 0.2) is 79.0 Å². The van der Waals surface area contributed by atoms with E-state index in [1.54, 1.807) is 36.4 Å². The number of benzene rings is 3. The molecule has 6 rings (SSSR count). The first kappa shape index (κ1) is 42.2. The van der Waals surface area contributed by atoms with Gasteiger partial charge in [0.15, 0.2) is 0 Å². The zero-order valence-electron chi connectivity index (χ0n) is 31.0. The largest absolute Gasteiger partial charge is 0.457 e. The van der Waals surface area contributed by atoms with Crippen molar-refractivity contribution in [2.24, 2.45) is 0 Å². The zero-order valence-corrected chi connectivity index (χ0v) is 31.8. The number of amides is 7. The topological polar surface area (TPSA) is 194 Å². The zero-order chi connectivity index (χ0) is 42.1.